The third-order valence-electron chi connectivity index (χ3n) is 4.77. The Morgan fingerprint density at radius 3 is 2.66 bits per heavy atom. The minimum absolute atomic E-state index is 0.0492. The van der Waals surface area contributed by atoms with Crippen LogP contribution in [0.4, 0.5) is 4.39 Å². The zero-order chi connectivity index (χ0) is 20.8. The number of ether oxygens (including phenoxy) is 2. The quantitative estimate of drug-likeness (QED) is 0.727. The minimum Gasteiger partial charge on any atom is -0.493 e. The number of halogens is 1. The molecule has 6 nitrogen and oxygen atoms in total. The molecule has 0 radical (unpaired) electrons. The van der Waals surface area contributed by atoms with Crippen molar-refractivity contribution in [3.05, 3.63) is 65.5 Å². The number of nitrogens with zero attached hydrogens (tertiary/aromatic N) is 1. The SMILES string of the molecule is COc1cc(/C=C/C(=O)N2CCCC2c2ccc(F)cc2)ccc1OCC(N)=O. The molecule has 1 fully saturated rings. The van der Waals surface area contributed by atoms with Crippen LogP contribution in [0.25, 0.3) is 6.08 Å². The molecular formula is C22H23FN2O4. The van der Waals surface area contributed by atoms with Crippen LogP contribution < -0.4 is 15.2 Å². The summed E-state index contributed by atoms with van der Waals surface area (Å²) < 4.78 is 23.8. The van der Waals surface area contributed by atoms with Crippen LogP contribution in [-0.4, -0.2) is 37.0 Å². The zero-order valence-corrected chi connectivity index (χ0v) is 16.1. The van der Waals surface area contributed by atoms with Crippen molar-refractivity contribution in [1.82, 2.24) is 4.90 Å². The molecule has 0 spiro atoms. The van der Waals surface area contributed by atoms with Crippen LogP contribution in [-0.2, 0) is 9.59 Å². The summed E-state index contributed by atoms with van der Waals surface area (Å²) in [6.45, 7) is 0.415. The molecule has 1 saturated heterocycles. The van der Waals surface area contributed by atoms with Gasteiger partial charge in [0.05, 0.1) is 13.2 Å². The molecule has 7 heteroatoms. The first-order chi connectivity index (χ1) is 14.0. The third-order valence-corrected chi connectivity index (χ3v) is 4.77. The highest BCUT2D eigenvalue weighted by atomic mass is 19.1. The van der Waals surface area contributed by atoms with Crippen molar-refractivity contribution in [3.8, 4) is 11.5 Å². The number of hydrogen-bond acceptors (Lipinski definition) is 4. The fourth-order valence-corrected chi connectivity index (χ4v) is 3.38. The van der Waals surface area contributed by atoms with Gasteiger partial charge >= 0.3 is 0 Å². The molecule has 1 atom stereocenters. The Morgan fingerprint density at radius 2 is 1.97 bits per heavy atom. The van der Waals surface area contributed by atoms with Crippen molar-refractivity contribution in [3.63, 3.8) is 0 Å². The molecule has 0 bridgehead atoms. The molecule has 0 aromatic heterocycles. The van der Waals surface area contributed by atoms with Gasteiger partial charge in [-0.15, -0.1) is 0 Å². The first-order valence-electron chi connectivity index (χ1n) is 9.31. The summed E-state index contributed by atoms with van der Waals surface area (Å²) in [4.78, 5) is 25.4. The van der Waals surface area contributed by atoms with E-state index in [1.807, 2.05) is 0 Å². The van der Waals surface area contributed by atoms with Crippen LogP contribution in [0.1, 0.15) is 30.0 Å². The van der Waals surface area contributed by atoms with Crippen LogP contribution >= 0.6 is 0 Å². The molecule has 1 aliphatic heterocycles. The summed E-state index contributed by atoms with van der Waals surface area (Å²) in [6.07, 6.45) is 4.97. The van der Waals surface area contributed by atoms with E-state index in [1.54, 1.807) is 41.3 Å². The van der Waals surface area contributed by atoms with E-state index in [4.69, 9.17) is 15.2 Å². The normalized spacial score (nSPS) is 16.2. The predicted molar refractivity (Wildman–Crippen MR) is 107 cm³/mol. The summed E-state index contributed by atoms with van der Waals surface area (Å²) in [6, 6.07) is 11.4. The highest BCUT2D eigenvalue weighted by Crippen LogP contribution is 2.32. The Hall–Kier alpha value is -3.35. The largest absolute Gasteiger partial charge is 0.493 e. The molecule has 29 heavy (non-hydrogen) atoms. The Bertz CT molecular complexity index is 912. The van der Waals surface area contributed by atoms with Crippen molar-refractivity contribution >= 4 is 17.9 Å². The standard InChI is InChI=1S/C22H23FN2O4/c1-28-20-13-15(4-10-19(20)29-14-21(24)26)5-11-22(27)25-12-2-3-18(25)16-6-8-17(23)9-7-16/h4-11,13,18H,2-3,12,14H2,1H3,(H2,24,26)/b11-5+. The fraction of sp³-hybridized carbons (Fsp3) is 0.273. The number of benzene rings is 2. The van der Waals surface area contributed by atoms with Crippen LogP contribution in [0.15, 0.2) is 48.5 Å². The van der Waals surface area contributed by atoms with Gasteiger partial charge in [0.1, 0.15) is 5.82 Å². The second-order valence-corrected chi connectivity index (χ2v) is 6.74. The number of hydrogen-bond donors (Lipinski definition) is 1. The number of carbonyl (C=O) groups is 2. The van der Waals surface area contributed by atoms with Gasteiger partial charge < -0.3 is 20.1 Å². The van der Waals surface area contributed by atoms with Gasteiger partial charge in [0, 0.05) is 12.6 Å². The summed E-state index contributed by atoms with van der Waals surface area (Å²) in [5, 5.41) is 0. The summed E-state index contributed by atoms with van der Waals surface area (Å²) in [7, 11) is 1.49. The average Bonchev–Trinajstić information content (AvgIpc) is 3.21. The lowest BCUT2D eigenvalue weighted by molar-refractivity contribution is -0.126. The molecule has 0 aliphatic carbocycles. The molecule has 0 saturated carbocycles. The van der Waals surface area contributed by atoms with E-state index in [0.29, 0.717) is 18.0 Å². The first kappa shape index (κ1) is 20.4. The van der Waals surface area contributed by atoms with Crippen LogP contribution in [0.3, 0.4) is 0 Å². The molecule has 2 N–H and O–H groups in total. The maximum absolute atomic E-state index is 13.2. The van der Waals surface area contributed by atoms with Gasteiger partial charge in [-0.3, -0.25) is 9.59 Å². The monoisotopic (exact) mass is 398 g/mol. The van der Waals surface area contributed by atoms with Crippen molar-refractivity contribution in [2.24, 2.45) is 5.73 Å². The Balaban J connectivity index is 1.70. The van der Waals surface area contributed by atoms with Gasteiger partial charge in [-0.1, -0.05) is 18.2 Å². The molecule has 2 amide bonds. The van der Waals surface area contributed by atoms with Crippen molar-refractivity contribution in [2.45, 2.75) is 18.9 Å². The first-order valence-corrected chi connectivity index (χ1v) is 9.31. The van der Waals surface area contributed by atoms with Crippen LogP contribution in [0, 0.1) is 5.82 Å². The Labute approximate surface area is 168 Å². The van der Waals surface area contributed by atoms with Gasteiger partial charge in [0.2, 0.25) is 5.91 Å². The zero-order valence-electron chi connectivity index (χ0n) is 16.1. The van der Waals surface area contributed by atoms with E-state index in [9.17, 15) is 14.0 Å². The van der Waals surface area contributed by atoms with E-state index in [1.165, 1.54) is 25.3 Å². The summed E-state index contributed by atoms with van der Waals surface area (Å²) in [5.41, 5.74) is 6.77. The second-order valence-electron chi connectivity index (χ2n) is 6.74. The molecule has 1 heterocycles. The van der Waals surface area contributed by atoms with Crippen LogP contribution in [0.2, 0.25) is 0 Å². The maximum Gasteiger partial charge on any atom is 0.255 e. The second kappa shape index (κ2) is 9.23. The van der Waals surface area contributed by atoms with Gasteiger partial charge in [0.25, 0.3) is 5.91 Å². The van der Waals surface area contributed by atoms with E-state index < -0.39 is 5.91 Å². The fourth-order valence-electron chi connectivity index (χ4n) is 3.38. The smallest absolute Gasteiger partial charge is 0.255 e. The summed E-state index contributed by atoms with van der Waals surface area (Å²) in [5.74, 6) is -0.147. The van der Waals surface area contributed by atoms with E-state index in [0.717, 1.165) is 24.0 Å². The van der Waals surface area contributed by atoms with Crippen LogP contribution in [0.5, 0.6) is 11.5 Å². The van der Waals surface area contributed by atoms with E-state index in [2.05, 4.69) is 0 Å². The Morgan fingerprint density at radius 1 is 1.21 bits per heavy atom. The lowest BCUT2D eigenvalue weighted by Gasteiger charge is -2.23. The van der Waals surface area contributed by atoms with Gasteiger partial charge in [-0.2, -0.15) is 0 Å². The van der Waals surface area contributed by atoms with Gasteiger partial charge in [-0.05, 0) is 54.3 Å². The number of methoxy groups -OCH3 is 1. The lowest BCUT2D eigenvalue weighted by Crippen LogP contribution is -2.28. The molecule has 1 unspecified atom stereocenters. The minimum atomic E-state index is -0.581. The van der Waals surface area contributed by atoms with Crippen molar-refractivity contribution in [2.75, 3.05) is 20.3 Å². The molecule has 2 aromatic carbocycles. The third kappa shape index (κ3) is 5.13. The van der Waals surface area contributed by atoms with Gasteiger partial charge in [-0.25, -0.2) is 4.39 Å². The van der Waals surface area contributed by atoms with Crippen molar-refractivity contribution in [1.29, 1.82) is 0 Å². The number of rotatable bonds is 7. The molecule has 3 rings (SSSR count). The molecule has 152 valence electrons. The van der Waals surface area contributed by atoms with Crippen molar-refractivity contribution < 1.29 is 23.5 Å². The molecular weight excluding hydrogens is 375 g/mol. The lowest BCUT2D eigenvalue weighted by atomic mass is 10.0. The van der Waals surface area contributed by atoms with E-state index in [-0.39, 0.29) is 24.4 Å². The highest BCUT2D eigenvalue weighted by Gasteiger charge is 2.28. The predicted octanol–water partition coefficient (Wildman–Crippen LogP) is 3.08. The Kier molecular flexibility index (Phi) is 6.49. The molecule has 2 aromatic rings. The topological polar surface area (TPSA) is 81.9 Å². The van der Waals surface area contributed by atoms with Gasteiger partial charge in [0.15, 0.2) is 18.1 Å². The number of likely N-dealkylation sites (tertiary alicyclic amines) is 1. The number of primary amides is 1. The maximum atomic E-state index is 13.2. The number of amides is 2. The summed E-state index contributed by atoms with van der Waals surface area (Å²) >= 11 is 0. The van der Waals surface area contributed by atoms with E-state index >= 15 is 0 Å². The average molecular weight is 398 g/mol. The number of carbonyl (C=O) groups excluding carboxylic acids is 2. The highest BCUT2D eigenvalue weighted by molar-refractivity contribution is 5.92. The molecule has 1 aliphatic rings. The number of nitrogens with two attached hydrogens (primary N) is 1.